The van der Waals surface area contributed by atoms with Crippen molar-refractivity contribution in [2.45, 2.75) is 19.6 Å². The van der Waals surface area contributed by atoms with E-state index in [4.69, 9.17) is 4.74 Å². The highest BCUT2D eigenvalue weighted by Crippen LogP contribution is 2.34. The molecule has 1 aromatic carbocycles. The van der Waals surface area contributed by atoms with Crippen molar-refractivity contribution in [3.8, 4) is 0 Å². The lowest BCUT2D eigenvalue weighted by molar-refractivity contribution is 0.0333. The Hall–Kier alpha value is -3.59. The van der Waals surface area contributed by atoms with Gasteiger partial charge in [0.2, 0.25) is 0 Å². The Kier molecular flexibility index (Phi) is 4.37. The van der Waals surface area contributed by atoms with Crippen molar-refractivity contribution in [3.05, 3.63) is 75.1 Å². The molecule has 0 saturated heterocycles. The van der Waals surface area contributed by atoms with Crippen molar-refractivity contribution < 1.29 is 18.3 Å². The number of aromatic amines is 2. The largest absolute Gasteiger partial charge is 0.373 e. The van der Waals surface area contributed by atoms with Gasteiger partial charge >= 0.3 is 0 Å². The number of H-pyrrole nitrogens is 2. The Balaban J connectivity index is 1.61. The Bertz CT molecular complexity index is 1430. The number of halogens is 2. The standard InChI is InChI=1S/C22H18F2N4O3/c1-10-3-11-4-16(26-17(11)7-25-10)22(30)28(2)19-9-31-8-18-20(19)12-5-14(23)15(24)6-13(12)21(29)27-18/h3-7,19,26H,8-9H2,1-2H3,(H,27,29)/t19-/m1/s1. The van der Waals surface area contributed by atoms with Gasteiger partial charge in [0.05, 0.1) is 36.4 Å². The Morgan fingerprint density at radius 2 is 1.90 bits per heavy atom. The molecule has 0 saturated carbocycles. The second-order valence-corrected chi connectivity index (χ2v) is 7.70. The molecule has 1 aliphatic heterocycles. The van der Waals surface area contributed by atoms with Gasteiger partial charge in [0.1, 0.15) is 5.69 Å². The van der Waals surface area contributed by atoms with Crippen molar-refractivity contribution in [1.29, 1.82) is 0 Å². The van der Waals surface area contributed by atoms with Crippen LogP contribution in [-0.2, 0) is 11.3 Å². The minimum Gasteiger partial charge on any atom is -0.373 e. The van der Waals surface area contributed by atoms with E-state index in [1.807, 2.05) is 13.0 Å². The number of hydrogen-bond donors (Lipinski definition) is 2. The van der Waals surface area contributed by atoms with Crippen LogP contribution in [0.25, 0.3) is 21.7 Å². The van der Waals surface area contributed by atoms with Crippen molar-refractivity contribution in [3.63, 3.8) is 0 Å². The van der Waals surface area contributed by atoms with Gasteiger partial charge < -0.3 is 19.6 Å². The van der Waals surface area contributed by atoms with Crippen molar-refractivity contribution in [2.24, 2.45) is 0 Å². The highest BCUT2D eigenvalue weighted by atomic mass is 19.2. The summed E-state index contributed by atoms with van der Waals surface area (Å²) >= 11 is 0. The number of nitrogens with one attached hydrogen (secondary N) is 2. The monoisotopic (exact) mass is 424 g/mol. The third-order valence-corrected chi connectivity index (χ3v) is 5.70. The molecule has 1 aliphatic rings. The molecule has 2 N–H and O–H groups in total. The van der Waals surface area contributed by atoms with E-state index < -0.39 is 23.2 Å². The van der Waals surface area contributed by atoms with Crippen LogP contribution in [0.3, 0.4) is 0 Å². The summed E-state index contributed by atoms with van der Waals surface area (Å²) in [5.41, 5.74) is 2.38. The molecule has 3 aromatic heterocycles. The van der Waals surface area contributed by atoms with E-state index in [0.29, 0.717) is 17.0 Å². The first-order valence-corrected chi connectivity index (χ1v) is 9.67. The summed E-state index contributed by atoms with van der Waals surface area (Å²) in [5, 5.41) is 1.15. The molecule has 4 heterocycles. The molecule has 4 aromatic rings. The highest BCUT2D eigenvalue weighted by Gasteiger charge is 2.32. The highest BCUT2D eigenvalue weighted by molar-refractivity contribution is 5.98. The molecular formula is C22H18F2N4O3. The zero-order valence-corrected chi connectivity index (χ0v) is 16.8. The van der Waals surface area contributed by atoms with Crippen LogP contribution in [0.15, 0.2) is 35.3 Å². The van der Waals surface area contributed by atoms with E-state index in [2.05, 4.69) is 15.0 Å². The molecule has 1 amide bonds. The van der Waals surface area contributed by atoms with Crippen LogP contribution in [-0.4, -0.2) is 39.4 Å². The number of nitrogens with zero attached hydrogens (tertiary/aromatic N) is 2. The Labute approximate surface area is 174 Å². The van der Waals surface area contributed by atoms with Crippen LogP contribution in [0, 0.1) is 18.6 Å². The fourth-order valence-electron chi connectivity index (χ4n) is 4.14. The van der Waals surface area contributed by atoms with E-state index in [1.54, 1.807) is 19.3 Å². The summed E-state index contributed by atoms with van der Waals surface area (Å²) in [6.45, 7) is 2.12. The zero-order chi connectivity index (χ0) is 21.9. The number of benzene rings is 1. The summed E-state index contributed by atoms with van der Waals surface area (Å²) in [4.78, 5) is 37.1. The van der Waals surface area contributed by atoms with Gasteiger partial charge in [-0.25, -0.2) is 8.78 Å². The van der Waals surface area contributed by atoms with Gasteiger partial charge in [0, 0.05) is 29.4 Å². The van der Waals surface area contributed by atoms with Gasteiger partial charge in [-0.2, -0.15) is 0 Å². The molecule has 0 aliphatic carbocycles. The second-order valence-electron chi connectivity index (χ2n) is 7.70. The first kappa shape index (κ1) is 19.4. The zero-order valence-electron chi connectivity index (χ0n) is 16.8. The number of rotatable bonds is 2. The summed E-state index contributed by atoms with van der Waals surface area (Å²) in [6.07, 6.45) is 1.66. The third kappa shape index (κ3) is 3.09. The summed E-state index contributed by atoms with van der Waals surface area (Å²) in [7, 11) is 1.61. The van der Waals surface area contributed by atoms with Gasteiger partial charge in [-0.05, 0) is 36.6 Å². The van der Waals surface area contributed by atoms with E-state index >= 15 is 0 Å². The fourth-order valence-corrected chi connectivity index (χ4v) is 4.14. The number of carbonyl (C=O) groups excluding carboxylic acids is 1. The summed E-state index contributed by atoms with van der Waals surface area (Å²) in [6, 6.07) is 4.90. The molecule has 158 valence electrons. The van der Waals surface area contributed by atoms with E-state index in [9.17, 15) is 18.4 Å². The quantitative estimate of drug-likeness (QED) is 0.516. The Morgan fingerprint density at radius 3 is 2.68 bits per heavy atom. The first-order chi connectivity index (χ1) is 14.8. The molecule has 31 heavy (non-hydrogen) atoms. The molecule has 9 heteroatoms. The lowest BCUT2D eigenvalue weighted by Crippen LogP contribution is -2.37. The number of aryl methyl sites for hydroxylation is 1. The SMILES string of the molecule is Cc1cc2cc(C(=O)N(C)[C@@H]3COCc4[nH]c(=O)c5cc(F)c(F)cc5c43)[nH]c2cn1. The smallest absolute Gasteiger partial charge is 0.270 e. The normalized spacial score (nSPS) is 15.9. The maximum Gasteiger partial charge on any atom is 0.270 e. The van der Waals surface area contributed by atoms with Gasteiger partial charge in [-0.3, -0.25) is 14.6 Å². The lowest BCUT2D eigenvalue weighted by atomic mass is 9.95. The van der Waals surface area contributed by atoms with Gasteiger partial charge in [-0.15, -0.1) is 0 Å². The van der Waals surface area contributed by atoms with Gasteiger partial charge in [0.15, 0.2) is 11.6 Å². The minimum absolute atomic E-state index is 0.0255. The maximum atomic E-state index is 14.0. The average Bonchev–Trinajstić information content (AvgIpc) is 3.17. The third-order valence-electron chi connectivity index (χ3n) is 5.70. The van der Waals surface area contributed by atoms with E-state index in [0.717, 1.165) is 28.7 Å². The lowest BCUT2D eigenvalue weighted by Gasteiger charge is -2.33. The van der Waals surface area contributed by atoms with Crippen molar-refractivity contribution in [1.82, 2.24) is 19.9 Å². The second kappa shape index (κ2) is 6.98. The fraction of sp³-hybridized carbons (Fsp3) is 0.227. The molecule has 0 fully saturated rings. The van der Waals surface area contributed by atoms with Crippen molar-refractivity contribution in [2.75, 3.05) is 13.7 Å². The summed E-state index contributed by atoms with van der Waals surface area (Å²) in [5.74, 6) is -2.47. The number of aromatic nitrogens is 3. The number of pyridine rings is 2. The molecule has 0 bridgehead atoms. The minimum atomic E-state index is -1.10. The predicted octanol–water partition coefficient (Wildman–Crippen LogP) is 3.33. The van der Waals surface area contributed by atoms with Crippen molar-refractivity contribution >= 4 is 27.6 Å². The van der Waals surface area contributed by atoms with E-state index in [1.165, 1.54) is 4.90 Å². The van der Waals surface area contributed by atoms with E-state index in [-0.39, 0.29) is 29.9 Å². The summed E-state index contributed by atoms with van der Waals surface area (Å²) < 4.78 is 33.4. The molecule has 0 unspecified atom stereocenters. The molecule has 7 nitrogen and oxygen atoms in total. The van der Waals surface area contributed by atoms with Crippen LogP contribution >= 0.6 is 0 Å². The number of likely N-dealkylation sites (N-methyl/N-ethyl adjacent to an activating group) is 1. The van der Waals surface area contributed by atoms with Crippen LogP contribution in [0.2, 0.25) is 0 Å². The van der Waals surface area contributed by atoms with Crippen LogP contribution < -0.4 is 5.56 Å². The molecular weight excluding hydrogens is 406 g/mol. The van der Waals surface area contributed by atoms with Gasteiger partial charge in [-0.1, -0.05) is 0 Å². The number of hydrogen-bond acceptors (Lipinski definition) is 4. The molecule has 0 radical (unpaired) electrons. The number of fused-ring (bicyclic) bond motifs is 4. The number of amides is 1. The number of ether oxygens (including phenoxy) is 1. The molecule has 5 rings (SSSR count). The van der Waals surface area contributed by atoms with Crippen LogP contribution in [0.4, 0.5) is 8.78 Å². The average molecular weight is 424 g/mol. The molecule has 0 spiro atoms. The number of carbonyl (C=O) groups is 1. The maximum absolute atomic E-state index is 14.0. The molecule has 1 atom stereocenters. The first-order valence-electron chi connectivity index (χ1n) is 9.67. The topological polar surface area (TPSA) is 91.1 Å². The Morgan fingerprint density at radius 1 is 1.16 bits per heavy atom. The predicted molar refractivity (Wildman–Crippen MR) is 110 cm³/mol. The van der Waals surface area contributed by atoms with Crippen LogP contribution in [0.1, 0.15) is 33.5 Å². The van der Waals surface area contributed by atoms with Crippen LogP contribution in [0.5, 0.6) is 0 Å². The van der Waals surface area contributed by atoms with Gasteiger partial charge in [0.25, 0.3) is 11.5 Å².